The number of hydrogen-bond acceptors (Lipinski definition) is 4. The molecule has 0 radical (unpaired) electrons. The first kappa shape index (κ1) is 13.3. The Kier molecular flexibility index (Phi) is 5.45. The van der Waals surface area contributed by atoms with Crippen molar-refractivity contribution in [3.05, 3.63) is 29.8 Å². The van der Waals surface area contributed by atoms with Crippen molar-refractivity contribution < 1.29 is 9.47 Å². The van der Waals surface area contributed by atoms with Crippen LogP contribution in [0.5, 0.6) is 5.75 Å². The molecule has 1 atom stereocenters. The highest BCUT2D eigenvalue weighted by atomic mass is 16.5. The topological polar surface area (TPSA) is 42.5 Å². The van der Waals surface area contributed by atoms with Crippen molar-refractivity contribution in [2.45, 2.75) is 12.5 Å². The molecular formula is C14H22N2O2. The van der Waals surface area contributed by atoms with Crippen LogP contribution in [0.25, 0.3) is 0 Å². The van der Waals surface area contributed by atoms with E-state index in [1.807, 2.05) is 12.1 Å². The summed E-state index contributed by atoms with van der Waals surface area (Å²) in [6, 6.07) is 8.69. The molecule has 1 aliphatic heterocycles. The van der Waals surface area contributed by atoms with E-state index in [2.05, 4.69) is 22.8 Å². The van der Waals surface area contributed by atoms with Gasteiger partial charge in [0, 0.05) is 19.1 Å². The summed E-state index contributed by atoms with van der Waals surface area (Å²) in [6.45, 7) is 4.57. The second-order valence-electron chi connectivity index (χ2n) is 4.53. The first-order chi connectivity index (χ1) is 8.88. The summed E-state index contributed by atoms with van der Waals surface area (Å²) in [5.74, 6) is 0.912. The molecule has 2 rings (SSSR count). The summed E-state index contributed by atoms with van der Waals surface area (Å²) in [6.07, 6.45) is 1.04. The van der Waals surface area contributed by atoms with E-state index in [4.69, 9.17) is 9.47 Å². The zero-order chi connectivity index (χ0) is 12.6. The first-order valence-corrected chi connectivity index (χ1v) is 6.53. The van der Waals surface area contributed by atoms with Crippen LogP contribution in [0.2, 0.25) is 0 Å². The molecule has 0 aliphatic carbocycles. The summed E-state index contributed by atoms with van der Waals surface area (Å²) < 4.78 is 10.5. The Morgan fingerprint density at radius 3 is 2.89 bits per heavy atom. The van der Waals surface area contributed by atoms with Crippen molar-refractivity contribution in [2.75, 3.05) is 40.0 Å². The van der Waals surface area contributed by atoms with Gasteiger partial charge in [-0.2, -0.15) is 0 Å². The smallest absolute Gasteiger partial charge is 0.118 e. The average molecular weight is 250 g/mol. The maximum Gasteiger partial charge on any atom is 0.118 e. The van der Waals surface area contributed by atoms with Crippen molar-refractivity contribution in [3.63, 3.8) is 0 Å². The number of benzene rings is 1. The van der Waals surface area contributed by atoms with E-state index >= 15 is 0 Å². The molecule has 1 fully saturated rings. The van der Waals surface area contributed by atoms with Gasteiger partial charge in [0.05, 0.1) is 20.3 Å². The zero-order valence-corrected chi connectivity index (χ0v) is 10.9. The zero-order valence-electron chi connectivity index (χ0n) is 10.9. The molecule has 18 heavy (non-hydrogen) atoms. The molecule has 4 nitrogen and oxygen atoms in total. The second-order valence-corrected chi connectivity index (χ2v) is 4.53. The molecule has 0 saturated carbocycles. The largest absolute Gasteiger partial charge is 0.497 e. The average Bonchev–Trinajstić information content (AvgIpc) is 2.45. The third kappa shape index (κ3) is 4.29. The molecule has 0 spiro atoms. The van der Waals surface area contributed by atoms with Crippen molar-refractivity contribution in [3.8, 4) is 5.75 Å². The van der Waals surface area contributed by atoms with E-state index in [1.165, 1.54) is 5.56 Å². The van der Waals surface area contributed by atoms with Gasteiger partial charge in [0.15, 0.2) is 0 Å². The third-order valence-corrected chi connectivity index (χ3v) is 3.14. The summed E-state index contributed by atoms with van der Waals surface area (Å²) in [4.78, 5) is 0. The van der Waals surface area contributed by atoms with Gasteiger partial charge in [0.25, 0.3) is 0 Å². The Labute approximate surface area is 109 Å². The van der Waals surface area contributed by atoms with Crippen molar-refractivity contribution in [2.24, 2.45) is 0 Å². The highest BCUT2D eigenvalue weighted by Crippen LogP contribution is 2.11. The lowest BCUT2D eigenvalue weighted by atomic mass is 10.1. The summed E-state index contributed by atoms with van der Waals surface area (Å²) in [5, 5.41) is 6.89. The van der Waals surface area contributed by atoms with E-state index in [0.29, 0.717) is 6.04 Å². The molecule has 1 heterocycles. The van der Waals surface area contributed by atoms with E-state index in [1.54, 1.807) is 7.11 Å². The van der Waals surface area contributed by atoms with Crippen LogP contribution in [0.3, 0.4) is 0 Å². The second kappa shape index (κ2) is 7.36. The van der Waals surface area contributed by atoms with Gasteiger partial charge in [-0.25, -0.2) is 0 Å². The lowest BCUT2D eigenvalue weighted by molar-refractivity contribution is 0.0768. The van der Waals surface area contributed by atoms with Crippen LogP contribution in [0.15, 0.2) is 24.3 Å². The molecular weight excluding hydrogens is 228 g/mol. The van der Waals surface area contributed by atoms with E-state index in [-0.39, 0.29) is 0 Å². The molecule has 1 aliphatic rings. The molecule has 0 bridgehead atoms. The van der Waals surface area contributed by atoms with Crippen molar-refractivity contribution in [1.29, 1.82) is 0 Å². The van der Waals surface area contributed by atoms with Gasteiger partial charge in [0.1, 0.15) is 5.75 Å². The number of methoxy groups -OCH3 is 1. The van der Waals surface area contributed by atoms with Crippen LogP contribution in [0, 0.1) is 0 Å². The number of morpholine rings is 1. The molecule has 0 aromatic heterocycles. The summed E-state index contributed by atoms with van der Waals surface area (Å²) in [5.41, 5.74) is 1.33. The van der Waals surface area contributed by atoms with Gasteiger partial charge in [-0.1, -0.05) is 12.1 Å². The highest BCUT2D eigenvalue weighted by Gasteiger charge is 2.11. The van der Waals surface area contributed by atoms with Crippen LogP contribution in [-0.2, 0) is 11.2 Å². The normalized spacial score (nSPS) is 19.7. The SMILES string of the molecule is COc1ccc(CCNCC2COCCN2)cc1. The van der Waals surface area contributed by atoms with Crippen LogP contribution >= 0.6 is 0 Å². The maximum atomic E-state index is 5.41. The number of ether oxygens (including phenoxy) is 2. The Morgan fingerprint density at radius 1 is 1.39 bits per heavy atom. The van der Waals surface area contributed by atoms with Crippen LogP contribution in [0.4, 0.5) is 0 Å². The van der Waals surface area contributed by atoms with E-state index in [9.17, 15) is 0 Å². The maximum absolute atomic E-state index is 5.41. The molecule has 1 unspecified atom stereocenters. The Morgan fingerprint density at radius 2 is 2.22 bits per heavy atom. The fourth-order valence-corrected chi connectivity index (χ4v) is 2.05. The van der Waals surface area contributed by atoms with Crippen LogP contribution < -0.4 is 15.4 Å². The molecule has 1 aromatic carbocycles. The van der Waals surface area contributed by atoms with Gasteiger partial charge in [-0.15, -0.1) is 0 Å². The van der Waals surface area contributed by atoms with Gasteiger partial charge in [-0.3, -0.25) is 0 Å². The Bertz CT molecular complexity index is 334. The third-order valence-electron chi connectivity index (χ3n) is 3.14. The number of hydrogen-bond donors (Lipinski definition) is 2. The van der Waals surface area contributed by atoms with E-state index in [0.717, 1.165) is 45.0 Å². The molecule has 1 aromatic rings. The van der Waals surface area contributed by atoms with Crippen LogP contribution in [0.1, 0.15) is 5.56 Å². The fourth-order valence-electron chi connectivity index (χ4n) is 2.05. The van der Waals surface area contributed by atoms with Gasteiger partial charge < -0.3 is 20.1 Å². The molecule has 100 valence electrons. The lowest BCUT2D eigenvalue weighted by Gasteiger charge is -2.24. The summed E-state index contributed by atoms with van der Waals surface area (Å²) in [7, 11) is 1.69. The Balaban J connectivity index is 1.62. The molecule has 1 saturated heterocycles. The van der Waals surface area contributed by atoms with Gasteiger partial charge in [-0.05, 0) is 30.7 Å². The minimum absolute atomic E-state index is 0.453. The molecule has 2 N–H and O–H groups in total. The van der Waals surface area contributed by atoms with E-state index < -0.39 is 0 Å². The quantitative estimate of drug-likeness (QED) is 0.734. The van der Waals surface area contributed by atoms with Gasteiger partial charge >= 0.3 is 0 Å². The minimum atomic E-state index is 0.453. The number of rotatable bonds is 6. The first-order valence-electron chi connectivity index (χ1n) is 6.53. The number of nitrogens with one attached hydrogen (secondary N) is 2. The van der Waals surface area contributed by atoms with Crippen molar-refractivity contribution in [1.82, 2.24) is 10.6 Å². The highest BCUT2D eigenvalue weighted by molar-refractivity contribution is 5.27. The predicted molar refractivity (Wildman–Crippen MR) is 72.2 cm³/mol. The predicted octanol–water partition coefficient (Wildman–Crippen LogP) is 0.816. The van der Waals surface area contributed by atoms with Crippen LogP contribution in [-0.4, -0.2) is 46.0 Å². The minimum Gasteiger partial charge on any atom is -0.497 e. The monoisotopic (exact) mass is 250 g/mol. The van der Waals surface area contributed by atoms with Crippen molar-refractivity contribution >= 4 is 0 Å². The molecule has 0 amide bonds. The van der Waals surface area contributed by atoms with Gasteiger partial charge in [0.2, 0.25) is 0 Å². The lowest BCUT2D eigenvalue weighted by Crippen LogP contribution is -2.47. The molecule has 4 heteroatoms. The summed E-state index contributed by atoms with van der Waals surface area (Å²) >= 11 is 0. The Hall–Kier alpha value is -1.10. The fraction of sp³-hybridized carbons (Fsp3) is 0.571. The standard InChI is InChI=1S/C14H22N2O2/c1-17-14-4-2-12(3-5-14)6-7-15-10-13-11-18-9-8-16-13/h2-5,13,15-16H,6-11H2,1H3.